The number of hydrogen-bond acceptors (Lipinski definition) is 5. The summed E-state index contributed by atoms with van der Waals surface area (Å²) in [4.78, 5) is 11.0. The molecule has 1 aromatic heterocycles. The van der Waals surface area contributed by atoms with E-state index in [0.717, 1.165) is 64.7 Å². The Bertz CT molecular complexity index is 650. The van der Waals surface area contributed by atoms with Crippen molar-refractivity contribution in [2.75, 3.05) is 46.4 Å². The molecule has 4 rings (SSSR count). The molecular weight excluding hydrogens is 487 g/mol. The SMILES string of the molecule is CN=C(NCC(C)N1CCc2sccc2C1)N1CCOC(C2CCCO2)C1.I. The summed E-state index contributed by atoms with van der Waals surface area (Å²) in [5, 5.41) is 5.83. The molecule has 28 heavy (non-hydrogen) atoms. The summed E-state index contributed by atoms with van der Waals surface area (Å²) in [5.74, 6) is 0.987. The number of morpholine rings is 1. The molecule has 8 heteroatoms. The Morgan fingerprint density at radius 3 is 2.96 bits per heavy atom. The zero-order valence-electron chi connectivity index (χ0n) is 16.9. The number of guanidine groups is 1. The van der Waals surface area contributed by atoms with E-state index in [4.69, 9.17) is 9.47 Å². The molecule has 3 unspecified atom stereocenters. The molecule has 0 spiro atoms. The molecule has 3 aliphatic rings. The normalized spacial score (nSPS) is 27.2. The van der Waals surface area contributed by atoms with Crippen LogP contribution in [-0.4, -0.2) is 80.4 Å². The Morgan fingerprint density at radius 1 is 1.32 bits per heavy atom. The first-order chi connectivity index (χ1) is 13.2. The number of halogens is 1. The minimum absolute atomic E-state index is 0. The van der Waals surface area contributed by atoms with E-state index in [1.165, 1.54) is 12.0 Å². The number of hydrogen-bond donors (Lipinski definition) is 1. The van der Waals surface area contributed by atoms with Crippen LogP contribution in [0.1, 0.15) is 30.2 Å². The van der Waals surface area contributed by atoms with E-state index in [9.17, 15) is 0 Å². The summed E-state index contributed by atoms with van der Waals surface area (Å²) >= 11 is 1.90. The third-order valence-corrected chi connectivity index (χ3v) is 7.02. The van der Waals surface area contributed by atoms with Gasteiger partial charge in [0.1, 0.15) is 6.10 Å². The van der Waals surface area contributed by atoms with Crippen molar-refractivity contribution >= 4 is 41.3 Å². The predicted molar refractivity (Wildman–Crippen MR) is 125 cm³/mol. The van der Waals surface area contributed by atoms with Crippen molar-refractivity contribution in [3.63, 3.8) is 0 Å². The van der Waals surface area contributed by atoms with Crippen molar-refractivity contribution in [3.05, 3.63) is 21.9 Å². The third-order valence-electron chi connectivity index (χ3n) is 6.00. The van der Waals surface area contributed by atoms with E-state index in [1.54, 1.807) is 4.88 Å². The fraction of sp³-hybridized carbons (Fsp3) is 0.750. The van der Waals surface area contributed by atoms with E-state index in [2.05, 4.69) is 38.5 Å². The molecular formula is C20H33IN4O2S. The summed E-state index contributed by atoms with van der Waals surface area (Å²) in [7, 11) is 1.88. The number of thiophene rings is 1. The molecule has 158 valence electrons. The van der Waals surface area contributed by atoms with Crippen LogP contribution < -0.4 is 5.32 Å². The van der Waals surface area contributed by atoms with Crippen molar-refractivity contribution in [2.24, 2.45) is 4.99 Å². The monoisotopic (exact) mass is 520 g/mol. The highest BCUT2D eigenvalue weighted by Gasteiger charge is 2.32. The Balaban J connectivity index is 0.00000225. The summed E-state index contributed by atoms with van der Waals surface area (Å²) in [6.07, 6.45) is 3.85. The topological polar surface area (TPSA) is 49.3 Å². The average molecular weight is 520 g/mol. The van der Waals surface area contributed by atoms with Crippen molar-refractivity contribution in [2.45, 2.75) is 51.0 Å². The number of ether oxygens (including phenoxy) is 2. The lowest BCUT2D eigenvalue weighted by molar-refractivity contribution is -0.0817. The fourth-order valence-electron chi connectivity index (χ4n) is 4.34. The van der Waals surface area contributed by atoms with Gasteiger partial charge < -0.3 is 19.7 Å². The number of rotatable bonds is 4. The van der Waals surface area contributed by atoms with Gasteiger partial charge in [0.2, 0.25) is 0 Å². The van der Waals surface area contributed by atoms with Crippen molar-refractivity contribution in [1.82, 2.24) is 15.1 Å². The Morgan fingerprint density at radius 2 is 2.18 bits per heavy atom. The smallest absolute Gasteiger partial charge is 0.193 e. The van der Waals surface area contributed by atoms with Gasteiger partial charge in [0.15, 0.2) is 5.96 Å². The first-order valence-corrected chi connectivity index (χ1v) is 11.1. The van der Waals surface area contributed by atoms with Crippen LogP contribution in [0.2, 0.25) is 0 Å². The average Bonchev–Trinajstić information content (AvgIpc) is 3.40. The van der Waals surface area contributed by atoms with E-state index < -0.39 is 0 Å². The summed E-state index contributed by atoms with van der Waals surface area (Å²) in [5.41, 5.74) is 1.51. The molecule has 0 aliphatic carbocycles. The zero-order valence-corrected chi connectivity index (χ0v) is 20.1. The molecule has 3 aliphatic heterocycles. The van der Waals surface area contributed by atoms with E-state index in [0.29, 0.717) is 6.04 Å². The lowest BCUT2D eigenvalue weighted by atomic mass is 10.1. The van der Waals surface area contributed by atoms with Crippen LogP contribution in [0.5, 0.6) is 0 Å². The van der Waals surface area contributed by atoms with Crippen molar-refractivity contribution in [1.29, 1.82) is 0 Å². The molecule has 4 heterocycles. The van der Waals surface area contributed by atoms with Gasteiger partial charge >= 0.3 is 0 Å². The second-order valence-corrected chi connectivity index (χ2v) is 8.77. The van der Waals surface area contributed by atoms with Gasteiger partial charge in [0, 0.05) is 57.3 Å². The van der Waals surface area contributed by atoms with Gasteiger partial charge in [-0.15, -0.1) is 35.3 Å². The molecule has 2 saturated heterocycles. The Kier molecular flexibility index (Phi) is 8.40. The lowest BCUT2D eigenvalue weighted by Crippen LogP contribution is -2.55. The maximum Gasteiger partial charge on any atom is 0.193 e. The minimum Gasteiger partial charge on any atom is -0.375 e. The van der Waals surface area contributed by atoms with Crippen LogP contribution in [0.3, 0.4) is 0 Å². The number of fused-ring (bicyclic) bond motifs is 1. The van der Waals surface area contributed by atoms with E-state index in [-0.39, 0.29) is 36.2 Å². The van der Waals surface area contributed by atoms with Gasteiger partial charge in [-0.2, -0.15) is 0 Å². The second-order valence-electron chi connectivity index (χ2n) is 7.77. The van der Waals surface area contributed by atoms with Crippen molar-refractivity contribution in [3.8, 4) is 0 Å². The Hall–Kier alpha value is -0.420. The molecule has 6 nitrogen and oxygen atoms in total. The van der Waals surface area contributed by atoms with Crippen molar-refractivity contribution < 1.29 is 9.47 Å². The van der Waals surface area contributed by atoms with Crippen LogP contribution in [0.15, 0.2) is 16.4 Å². The maximum atomic E-state index is 5.98. The van der Waals surface area contributed by atoms with Crippen LogP contribution in [0.4, 0.5) is 0 Å². The minimum atomic E-state index is 0. The number of aliphatic imine (C=N–C) groups is 1. The molecule has 0 radical (unpaired) electrons. The molecule has 1 aromatic rings. The Labute approximate surface area is 189 Å². The van der Waals surface area contributed by atoms with Gasteiger partial charge in [0.05, 0.1) is 12.7 Å². The largest absolute Gasteiger partial charge is 0.375 e. The second kappa shape index (κ2) is 10.6. The lowest BCUT2D eigenvalue weighted by Gasteiger charge is -2.38. The fourth-order valence-corrected chi connectivity index (χ4v) is 5.23. The molecule has 2 fully saturated rings. The summed E-state index contributed by atoms with van der Waals surface area (Å²) < 4.78 is 11.8. The summed E-state index contributed by atoms with van der Waals surface area (Å²) in [6, 6.07) is 2.76. The van der Waals surface area contributed by atoms with Crippen LogP contribution >= 0.6 is 35.3 Å². The summed E-state index contributed by atoms with van der Waals surface area (Å²) in [6.45, 7) is 8.80. The molecule has 0 aromatic carbocycles. The highest BCUT2D eigenvalue weighted by atomic mass is 127. The maximum absolute atomic E-state index is 5.98. The van der Waals surface area contributed by atoms with Gasteiger partial charge in [-0.3, -0.25) is 9.89 Å². The highest BCUT2D eigenvalue weighted by molar-refractivity contribution is 14.0. The van der Waals surface area contributed by atoms with Crippen LogP contribution in [0.25, 0.3) is 0 Å². The first-order valence-electron chi connectivity index (χ1n) is 10.2. The van der Waals surface area contributed by atoms with Gasteiger partial charge in [0.25, 0.3) is 0 Å². The van der Waals surface area contributed by atoms with Crippen LogP contribution in [0, 0.1) is 0 Å². The molecule has 0 bridgehead atoms. The highest BCUT2D eigenvalue weighted by Crippen LogP contribution is 2.25. The molecule has 3 atom stereocenters. The number of nitrogens with zero attached hydrogens (tertiary/aromatic N) is 3. The van der Waals surface area contributed by atoms with E-state index in [1.807, 2.05) is 18.4 Å². The first kappa shape index (κ1) is 22.3. The number of nitrogens with one attached hydrogen (secondary N) is 1. The van der Waals surface area contributed by atoms with E-state index >= 15 is 0 Å². The van der Waals surface area contributed by atoms with Gasteiger partial charge in [-0.25, -0.2) is 0 Å². The predicted octanol–water partition coefficient (Wildman–Crippen LogP) is 2.57. The van der Waals surface area contributed by atoms with Gasteiger partial charge in [-0.05, 0) is 43.2 Å². The standard InChI is InChI=1S/C20H32N4O2S.HI/c1-15(23-7-5-19-16(13-23)6-11-27-19)12-22-20(21-2)24-8-10-26-18(14-24)17-4-3-9-25-17;/h6,11,15,17-18H,3-5,7-10,12-14H2,1-2H3,(H,21,22);1H. The van der Waals surface area contributed by atoms with Gasteiger partial charge in [-0.1, -0.05) is 0 Å². The third kappa shape index (κ3) is 5.19. The van der Waals surface area contributed by atoms with Crippen LogP contribution in [-0.2, 0) is 22.4 Å². The molecule has 0 saturated carbocycles. The molecule has 1 N–H and O–H groups in total. The quantitative estimate of drug-likeness (QED) is 0.376. The zero-order chi connectivity index (χ0) is 18.6. The molecule has 0 amide bonds.